The molecule has 3 N–H and O–H groups in total. The highest BCUT2D eigenvalue weighted by Gasteiger charge is 2.49. The number of piperazine rings is 1. The predicted molar refractivity (Wildman–Crippen MR) is 327 cm³/mol. The van der Waals surface area contributed by atoms with E-state index >= 15 is 8.78 Å². The van der Waals surface area contributed by atoms with Crippen molar-refractivity contribution in [1.82, 2.24) is 58.8 Å². The van der Waals surface area contributed by atoms with Crippen molar-refractivity contribution in [1.29, 1.82) is 0 Å². The van der Waals surface area contributed by atoms with Gasteiger partial charge in [0.15, 0.2) is 11.5 Å². The first-order valence-electron chi connectivity index (χ1n) is 31.5. The Kier molecular flexibility index (Phi) is 17.5. The minimum atomic E-state index is -0.998. The number of aryl methyl sites for hydroxylation is 3. The first-order chi connectivity index (χ1) is 43.0. The largest absolute Gasteiger partial charge is 0.508 e. The number of carbonyl (C=O) groups excluding carboxylic acids is 5. The van der Waals surface area contributed by atoms with Crippen LogP contribution in [0.15, 0.2) is 59.5 Å². The van der Waals surface area contributed by atoms with Crippen LogP contribution in [0.1, 0.15) is 143 Å². The average Bonchev–Trinajstić information content (AvgIpc) is 1.89. The molecule has 21 nitrogen and oxygen atoms in total. The first-order valence-corrected chi connectivity index (χ1v) is 31.5. The van der Waals surface area contributed by atoms with Crippen LogP contribution < -0.4 is 21.1 Å². The number of benzene rings is 3. The van der Waals surface area contributed by atoms with E-state index in [0.717, 1.165) is 81.8 Å². The number of piperidine rings is 2. The third-order valence-corrected chi connectivity index (χ3v) is 19.2. The van der Waals surface area contributed by atoms with Crippen LogP contribution in [-0.4, -0.2) is 159 Å². The Bertz CT molecular complexity index is 3960. The zero-order valence-electron chi connectivity index (χ0n) is 50.7. The van der Waals surface area contributed by atoms with Gasteiger partial charge >= 0.3 is 11.7 Å². The van der Waals surface area contributed by atoms with Gasteiger partial charge in [0.2, 0.25) is 23.6 Å². The summed E-state index contributed by atoms with van der Waals surface area (Å²) in [5, 5.41) is 22.1. The summed E-state index contributed by atoms with van der Waals surface area (Å²) in [5.41, 5.74) is 2.72. The Balaban J connectivity index is 0.593. The quantitative estimate of drug-likeness (QED) is 0.0483. The Hall–Kier alpha value is -8.41. The van der Waals surface area contributed by atoms with Gasteiger partial charge in [-0.05, 0) is 122 Å². The molecule has 9 heterocycles. The SMILES string of the molecule is CCc1c(F)ccc2cc(O)cc(-c3ncc4c(NCc5cc(C(=O)N6CCN(C(=O)CCCCCCCCC(=O)N7CCC(c8ccc9c(c8)n(C)c(=O)n9C8CCC(=O)NC8=O)CC7)CC6)nn5C)nc(OC[C@@]56CCCN5C[C@H](F)C6)nc4c3F)c12. The summed E-state index contributed by atoms with van der Waals surface area (Å²) in [7, 11) is 3.41. The molecule has 12 rings (SSSR count). The summed E-state index contributed by atoms with van der Waals surface area (Å²) in [5.74, 6) is -1.88. The average molecular weight is 1220 g/mol. The number of phenolic OH excluding ortho intramolecular Hbond substituents is 1. The van der Waals surface area contributed by atoms with Crippen LogP contribution in [0.25, 0.3) is 44.0 Å². The predicted octanol–water partition coefficient (Wildman–Crippen LogP) is 8.13. The highest BCUT2D eigenvalue weighted by atomic mass is 19.1. The van der Waals surface area contributed by atoms with Crippen LogP contribution in [0.2, 0.25) is 0 Å². The van der Waals surface area contributed by atoms with E-state index in [2.05, 4.69) is 35.6 Å². The molecule has 5 fully saturated rings. The summed E-state index contributed by atoms with van der Waals surface area (Å²) < 4.78 is 58.1. The highest BCUT2D eigenvalue weighted by Crippen LogP contribution is 2.42. The maximum absolute atomic E-state index is 17.2. The van der Waals surface area contributed by atoms with Gasteiger partial charge in [-0.1, -0.05) is 44.7 Å². The minimum absolute atomic E-state index is 0.0609. The van der Waals surface area contributed by atoms with Gasteiger partial charge in [-0.25, -0.2) is 18.0 Å². The van der Waals surface area contributed by atoms with Crippen LogP contribution in [0.4, 0.5) is 19.0 Å². The number of phenols is 1. The van der Waals surface area contributed by atoms with Crippen molar-refractivity contribution in [2.24, 2.45) is 14.1 Å². The fourth-order valence-electron chi connectivity index (χ4n) is 14.3. The molecule has 5 amide bonds. The van der Waals surface area contributed by atoms with Gasteiger partial charge in [0.1, 0.15) is 47.4 Å². The van der Waals surface area contributed by atoms with Crippen molar-refractivity contribution >= 4 is 68.1 Å². The summed E-state index contributed by atoms with van der Waals surface area (Å²) in [6.07, 6.45) is 11.0. The normalized spacial score (nSPS) is 20.1. The number of rotatable bonds is 20. The highest BCUT2D eigenvalue weighted by molar-refractivity contribution is 6.02. The number of halogens is 3. The number of anilines is 1. The number of ether oxygens (including phenoxy) is 1. The molecule has 4 aromatic heterocycles. The fraction of sp³-hybridized carbons (Fsp3) is 0.508. The second-order valence-corrected chi connectivity index (χ2v) is 24.7. The number of imide groups is 1. The monoisotopic (exact) mass is 1220 g/mol. The zero-order chi connectivity index (χ0) is 62.3. The van der Waals surface area contributed by atoms with Gasteiger partial charge in [0.05, 0.1) is 34.2 Å². The number of hydrogen-bond acceptors (Lipinski definition) is 14. The fourth-order valence-corrected chi connectivity index (χ4v) is 14.3. The number of aromatic nitrogens is 7. The maximum atomic E-state index is 17.2. The van der Waals surface area contributed by atoms with Gasteiger partial charge in [0, 0.05) is 97.4 Å². The molecule has 3 atom stereocenters. The van der Waals surface area contributed by atoms with Gasteiger partial charge in [-0.3, -0.25) is 53.0 Å². The lowest BCUT2D eigenvalue weighted by Gasteiger charge is -2.34. The molecule has 0 aliphatic carbocycles. The number of likely N-dealkylation sites (tertiary alicyclic amines) is 1. The smallest absolute Gasteiger partial charge is 0.329 e. The van der Waals surface area contributed by atoms with E-state index in [1.807, 2.05) is 28.0 Å². The number of alkyl halides is 1. The number of nitrogens with zero attached hydrogens (tertiary/aromatic N) is 11. The Morgan fingerprint density at radius 3 is 2.28 bits per heavy atom. The number of nitrogens with one attached hydrogen (secondary N) is 2. The van der Waals surface area contributed by atoms with E-state index in [1.54, 1.807) is 41.2 Å². The van der Waals surface area contributed by atoms with E-state index < -0.39 is 35.3 Å². The van der Waals surface area contributed by atoms with E-state index in [9.17, 15) is 38.3 Å². The van der Waals surface area contributed by atoms with Crippen LogP contribution in [0.3, 0.4) is 0 Å². The molecule has 7 aromatic rings. The van der Waals surface area contributed by atoms with Gasteiger partial charge in [-0.15, -0.1) is 0 Å². The molecule has 5 aliphatic heterocycles. The Morgan fingerprint density at radius 1 is 0.831 bits per heavy atom. The third-order valence-electron chi connectivity index (χ3n) is 19.2. The molecular weight excluding hydrogens is 1150 g/mol. The molecule has 470 valence electrons. The number of aromatic hydroxyl groups is 1. The van der Waals surface area contributed by atoms with Crippen molar-refractivity contribution in [3.8, 4) is 23.0 Å². The number of hydrogen-bond donors (Lipinski definition) is 3. The van der Waals surface area contributed by atoms with Crippen molar-refractivity contribution in [2.75, 3.05) is 64.3 Å². The number of amides is 5. The molecule has 0 radical (unpaired) electrons. The Morgan fingerprint density at radius 2 is 1.55 bits per heavy atom. The lowest BCUT2D eigenvalue weighted by molar-refractivity contribution is -0.136. The molecule has 0 bridgehead atoms. The molecule has 3 aromatic carbocycles. The van der Waals surface area contributed by atoms with Gasteiger partial charge in [-0.2, -0.15) is 15.1 Å². The van der Waals surface area contributed by atoms with Crippen molar-refractivity contribution < 1.29 is 47.0 Å². The second-order valence-electron chi connectivity index (χ2n) is 24.7. The molecular formula is C65H76F3N13O8. The Labute approximate surface area is 512 Å². The molecule has 0 saturated carbocycles. The summed E-state index contributed by atoms with van der Waals surface area (Å²) in [6, 6.07) is 12.4. The minimum Gasteiger partial charge on any atom is -0.508 e. The summed E-state index contributed by atoms with van der Waals surface area (Å²) in [6.45, 7) is 5.88. The third kappa shape index (κ3) is 12.3. The number of unbranched alkanes of at least 4 members (excludes halogenated alkanes) is 5. The van der Waals surface area contributed by atoms with Gasteiger partial charge < -0.3 is 29.9 Å². The van der Waals surface area contributed by atoms with E-state index in [1.165, 1.54) is 35.0 Å². The van der Waals surface area contributed by atoms with E-state index in [-0.39, 0.29) is 107 Å². The van der Waals surface area contributed by atoms with Crippen LogP contribution in [0, 0.1) is 11.6 Å². The standard InChI is InChI=1S/C65H76F3N13O8/c1-4-45-48(67)16-14-41-30-44(82)33-46(56(41)45)58-57(68)59-47(36-69-58)60(73-63(72-59)89-38-65-22-11-23-80(65)37-42(66)34-65)70-35-43-32-49(74-76(43)3)62(87)79-28-26-78(27-29-79)55(85)13-10-8-6-5-7-9-12-54(84)77-24-20-39(21-25-77)40-15-17-50-52(31-40)75(2)64(88)81(50)51-18-19-53(83)71-61(51)86/h14-17,30-33,36,39,42,51,82H,4-13,18-29,34-35,37-38H2,1-3H3,(H,70,72,73)(H,71,83,86)/t42-,51?,65+/m1/s1. The molecule has 0 spiro atoms. The van der Waals surface area contributed by atoms with Crippen molar-refractivity contribution in [3.05, 3.63) is 99.4 Å². The van der Waals surface area contributed by atoms with Crippen molar-refractivity contribution in [2.45, 2.75) is 140 Å². The number of pyridine rings is 1. The molecule has 24 heteroatoms. The summed E-state index contributed by atoms with van der Waals surface area (Å²) in [4.78, 5) is 99.3. The molecule has 5 saturated heterocycles. The second kappa shape index (κ2) is 25.6. The van der Waals surface area contributed by atoms with Crippen LogP contribution in [0.5, 0.6) is 11.8 Å². The number of carbonyl (C=O) groups is 5. The topological polar surface area (TPSA) is 235 Å². The summed E-state index contributed by atoms with van der Waals surface area (Å²) >= 11 is 0. The van der Waals surface area contributed by atoms with E-state index in [4.69, 9.17) is 4.74 Å². The maximum Gasteiger partial charge on any atom is 0.329 e. The number of fused-ring (bicyclic) bond motifs is 4. The van der Waals surface area contributed by atoms with Gasteiger partial charge in [0.25, 0.3) is 5.91 Å². The lowest BCUT2D eigenvalue weighted by atomic mass is 9.89. The van der Waals surface area contributed by atoms with E-state index in [0.29, 0.717) is 99.0 Å². The van der Waals surface area contributed by atoms with Crippen LogP contribution in [-0.2, 0) is 46.2 Å². The lowest BCUT2D eigenvalue weighted by Crippen LogP contribution is -2.50. The molecule has 1 unspecified atom stereocenters. The zero-order valence-corrected chi connectivity index (χ0v) is 50.7. The molecule has 89 heavy (non-hydrogen) atoms. The first kappa shape index (κ1) is 60.9. The van der Waals surface area contributed by atoms with Crippen molar-refractivity contribution in [3.63, 3.8) is 0 Å². The number of imidazole rings is 1. The molecule has 5 aliphatic rings. The van der Waals surface area contributed by atoms with Crippen LogP contribution >= 0.6 is 0 Å².